The predicted octanol–water partition coefficient (Wildman–Crippen LogP) is 4.01. The van der Waals surface area contributed by atoms with Gasteiger partial charge >= 0.3 is 0 Å². The predicted molar refractivity (Wildman–Crippen MR) is 100 cm³/mol. The average Bonchev–Trinajstić information content (AvgIpc) is 2.42. The summed E-state index contributed by atoms with van der Waals surface area (Å²) >= 11 is 4.24. The lowest BCUT2D eigenvalue weighted by Crippen LogP contribution is -2.14. The van der Waals surface area contributed by atoms with E-state index in [9.17, 15) is 8.42 Å². The Balaban J connectivity index is 2.36. The Labute approximate surface area is 151 Å². The summed E-state index contributed by atoms with van der Waals surface area (Å²) in [6, 6.07) is 10.3. The minimum atomic E-state index is -3.61. The number of nitrogens with one attached hydrogen (secondary N) is 1. The van der Waals surface area contributed by atoms with Crippen LogP contribution >= 0.6 is 45.2 Å². The van der Waals surface area contributed by atoms with E-state index >= 15 is 0 Å². The SMILES string of the molecule is COc1ccc(S(=O)(=O)Nc2ccc(I)cc2C)cc1I. The molecule has 21 heavy (non-hydrogen) atoms. The van der Waals surface area contributed by atoms with Crippen molar-refractivity contribution in [2.24, 2.45) is 0 Å². The molecule has 2 aromatic carbocycles. The molecule has 2 aromatic rings. The third-order valence-corrected chi connectivity index (χ3v) is 5.74. The number of hydrogen-bond donors (Lipinski definition) is 1. The van der Waals surface area contributed by atoms with Crippen molar-refractivity contribution >= 4 is 60.9 Å². The summed E-state index contributed by atoms with van der Waals surface area (Å²) < 4.78 is 34.4. The Hall–Kier alpha value is -0.550. The van der Waals surface area contributed by atoms with E-state index in [-0.39, 0.29) is 4.90 Å². The van der Waals surface area contributed by atoms with Crippen LogP contribution in [0.2, 0.25) is 0 Å². The maximum atomic E-state index is 12.4. The zero-order valence-electron chi connectivity index (χ0n) is 11.4. The molecule has 0 heterocycles. The van der Waals surface area contributed by atoms with E-state index < -0.39 is 10.0 Å². The molecule has 0 saturated carbocycles. The minimum absolute atomic E-state index is 0.214. The smallest absolute Gasteiger partial charge is 0.261 e. The Morgan fingerprint density at radius 1 is 1.10 bits per heavy atom. The molecule has 0 aliphatic carbocycles. The summed E-state index contributed by atoms with van der Waals surface area (Å²) in [7, 11) is -2.05. The largest absolute Gasteiger partial charge is 0.496 e. The van der Waals surface area contributed by atoms with Crippen LogP contribution in [-0.4, -0.2) is 15.5 Å². The van der Waals surface area contributed by atoms with Gasteiger partial charge in [-0.25, -0.2) is 8.42 Å². The van der Waals surface area contributed by atoms with Gasteiger partial charge in [0.25, 0.3) is 10.0 Å². The lowest BCUT2D eigenvalue weighted by Gasteiger charge is -2.12. The average molecular weight is 529 g/mol. The fraction of sp³-hybridized carbons (Fsp3) is 0.143. The fourth-order valence-electron chi connectivity index (χ4n) is 1.76. The van der Waals surface area contributed by atoms with Crippen LogP contribution in [0.1, 0.15) is 5.56 Å². The van der Waals surface area contributed by atoms with Crippen LogP contribution in [0.4, 0.5) is 5.69 Å². The first kappa shape index (κ1) is 16.8. The lowest BCUT2D eigenvalue weighted by molar-refractivity contribution is 0.411. The van der Waals surface area contributed by atoms with E-state index in [0.717, 1.165) is 12.7 Å². The number of sulfonamides is 1. The fourth-order valence-corrected chi connectivity index (χ4v) is 4.51. The van der Waals surface area contributed by atoms with Crippen molar-refractivity contribution in [1.82, 2.24) is 0 Å². The van der Waals surface area contributed by atoms with Crippen LogP contribution in [0, 0.1) is 14.1 Å². The summed E-state index contributed by atoms with van der Waals surface area (Å²) in [6.45, 7) is 1.87. The molecule has 0 bridgehead atoms. The number of halogens is 2. The van der Waals surface area contributed by atoms with Crippen molar-refractivity contribution in [2.45, 2.75) is 11.8 Å². The van der Waals surface area contributed by atoms with Crippen molar-refractivity contribution < 1.29 is 13.2 Å². The molecule has 0 unspecified atom stereocenters. The van der Waals surface area contributed by atoms with E-state index in [0.29, 0.717) is 11.4 Å². The summed E-state index contributed by atoms with van der Waals surface area (Å²) in [5.74, 6) is 0.653. The van der Waals surface area contributed by atoms with Gasteiger partial charge in [-0.3, -0.25) is 4.72 Å². The van der Waals surface area contributed by atoms with Gasteiger partial charge in [-0.2, -0.15) is 0 Å². The van der Waals surface area contributed by atoms with Crippen molar-refractivity contribution in [2.75, 3.05) is 11.8 Å². The Bertz CT molecular complexity index is 776. The monoisotopic (exact) mass is 529 g/mol. The van der Waals surface area contributed by atoms with Gasteiger partial charge in [0.05, 0.1) is 21.3 Å². The van der Waals surface area contributed by atoms with Gasteiger partial charge in [0, 0.05) is 3.57 Å². The number of anilines is 1. The number of methoxy groups -OCH3 is 1. The molecule has 0 fully saturated rings. The highest BCUT2D eigenvalue weighted by atomic mass is 127. The maximum Gasteiger partial charge on any atom is 0.261 e. The molecule has 0 aromatic heterocycles. The molecule has 0 spiro atoms. The highest BCUT2D eigenvalue weighted by Crippen LogP contribution is 2.26. The maximum absolute atomic E-state index is 12.4. The zero-order valence-corrected chi connectivity index (χ0v) is 16.5. The molecule has 0 radical (unpaired) electrons. The van der Waals surface area contributed by atoms with Gasteiger partial charge in [-0.05, 0) is 94.1 Å². The molecule has 0 aliphatic rings. The van der Waals surface area contributed by atoms with Crippen LogP contribution in [0.15, 0.2) is 41.3 Å². The number of hydrogen-bond acceptors (Lipinski definition) is 3. The number of ether oxygens (including phenoxy) is 1. The van der Waals surface area contributed by atoms with Crippen molar-refractivity contribution in [3.8, 4) is 5.75 Å². The quantitative estimate of drug-likeness (QED) is 0.610. The van der Waals surface area contributed by atoms with E-state index in [2.05, 4.69) is 27.3 Å². The van der Waals surface area contributed by atoms with Gasteiger partial charge in [0.2, 0.25) is 0 Å². The molecule has 112 valence electrons. The van der Waals surface area contributed by atoms with E-state index in [1.54, 1.807) is 25.3 Å². The summed E-state index contributed by atoms with van der Waals surface area (Å²) in [4.78, 5) is 0.214. The summed E-state index contributed by atoms with van der Waals surface area (Å²) in [6.07, 6.45) is 0. The van der Waals surface area contributed by atoms with Crippen LogP contribution in [0.3, 0.4) is 0 Å². The number of aryl methyl sites for hydroxylation is 1. The Kier molecular flexibility index (Phi) is 5.36. The van der Waals surface area contributed by atoms with Crippen LogP contribution in [0.25, 0.3) is 0 Å². The van der Waals surface area contributed by atoms with Gasteiger partial charge in [0.15, 0.2) is 0 Å². The lowest BCUT2D eigenvalue weighted by atomic mass is 10.2. The normalized spacial score (nSPS) is 11.2. The first-order valence-corrected chi connectivity index (χ1v) is 9.60. The number of rotatable bonds is 4. The minimum Gasteiger partial charge on any atom is -0.496 e. The summed E-state index contributed by atoms with van der Waals surface area (Å²) in [5, 5.41) is 0. The third kappa shape index (κ3) is 4.01. The molecular formula is C14H13I2NO3S. The number of benzene rings is 2. The summed E-state index contributed by atoms with van der Waals surface area (Å²) in [5.41, 5.74) is 1.47. The third-order valence-electron chi connectivity index (χ3n) is 2.87. The van der Waals surface area contributed by atoms with Crippen molar-refractivity contribution in [3.05, 3.63) is 49.1 Å². The molecule has 4 nitrogen and oxygen atoms in total. The molecule has 0 aliphatic heterocycles. The second-order valence-corrected chi connectivity index (χ2v) is 8.45. The molecule has 0 amide bonds. The Morgan fingerprint density at radius 3 is 2.38 bits per heavy atom. The highest BCUT2D eigenvalue weighted by molar-refractivity contribution is 14.1. The van der Waals surface area contributed by atoms with E-state index in [1.165, 1.54) is 6.07 Å². The second-order valence-electron chi connectivity index (χ2n) is 4.36. The first-order chi connectivity index (χ1) is 9.83. The molecule has 1 N–H and O–H groups in total. The zero-order chi connectivity index (χ0) is 15.6. The molecule has 0 atom stereocenters. The van der Waals surface area contributed by atoms with Crippen LogP contribution in [-0.2, 0) is 10.0 Å². The van der Waals surface area contributed by atoms with Crippen LogP contribution < -0.4 is 9.46 Å². The molecule has 0 saturated heterocycles. The van der Waals surface area contributed by atoms with E-state index in [4.69, 9.17) is 4.74 Å². The van der Waals surface area contributed by atoms with Crippen molar-refractivity contribution in [3.63, 3.8) is 0 Å². The Morgan fingerprint density at radius 2 is 1.81 bits per heavy atom. The van der Waals surface area contributed by atoms with Gasteiger partial charge in [-0.15, -0.1) is 0 Å². The topological polar surface area (TPSA) is 55.4 Å². The molecule has 2 rings (SSSR count). The van der Waals surface area contributed by atoms with E-state index in [1.807, 2.05) is 41.6 Å². The second kappa shape index (κ2) is 6.69. The first-order valence-electron chi connectivity index (χ1n) is 5.96. The standard InChI is InChI=1S/C14H13I2NO3S/c1-9-7-10(15)3-5-13(9)17-21(18,19)11-4-6-14(20-2)12(16)8-11/h3-8,17H,1-2H3. The van der Waals surface area contributed by atoms with Crippen molar-refractivity contribution in [1.29, 1.82) is 0 Å². The van der Waals surface area contributed by atoms with Gasteiger partial charge in [-0.1, -0.05) is 0 Å². The van der Waals surface area contributed by atoms with Crippen LogP contribution in [0.5, 0.6) is 5.75 Å². The molecule has 7 heteroatoms. The highest BCUT2D eigenvalue weighted by Gasteiger charge is 2.17. The molecular weight excluding hydrogens is 516 g/mol. The van der Waals surface area contributed by atoms with Gasteiger partial charge < -0.3 is 4.74 Å². The van der Waals surface area contributed by atoms with Gasteiger partial charge in [0.1, 0.15) is 5.75 Å².